The molecule has 1 amide bonds. The van der Waals surface area contributed by atoms with Crippen molar-refractivity contribution < 1.29 is 14.3 Å². The van der Waals surface area contributed by atoms with Crippen LogP contribution in [0.5, 0.6) is 11.5 Å². The number of likely N-dealkylation sites (tertiary alicyclic amines) is 1. The van der Waals surface area contributed by atoms with Gasteiger partial charge in [-0.15, -0.1) is 0 Å². The number of piperidine rings is 1. The van der Waals surface area contributed by atoms with Crippen LogP contribution in [-0.4, -0.2) is 51.2 Å². The molecule has 1 N–H and O–H groups in total. The number of amides is 1. The van der Waals surface area contributed by atoms with Crippen molar-refractivity contribution in [3.63, 3.8) is 0 Å². The number of ether oxygens (including phenoxy) is 2. The van der Waals surface area contributed by atoms with E-state index < -0.39 is 0 Å². The quantitative estimate of drug-likeness (QED) is 0.875. The molecule has 0 aliphatic carbocycles. The second kappa shape index (κ2) is 8.03. The van der Waals surface area contributed by atoms with E-state index in [0.717, 1.165) is 39.0 Å². The lowest BCUT2D eigenvalue weighted by atomic mass is 9.96. The first-order chi connectivity index (χ1) is 10.7. The van der Waals surface area contributed by atoms with E-state index in [0.29, 0.717) is 23.0 Å². The molecular formula is C17H26N2O3. The number of benzene rings is 1. The Hall–Kier alpha value is -1.75. The van der Waals surface area contributed by atoms with E-state index in [-0.39, 0.29) is 5.91 Å². The largest absolute Gasteiger partial charge is 0.493 e. The van der Waals surface area contributed by atoms with Crippen LogP contribution in [0.25, 0.3) is 0 Å². The van der Waals surface area contributed by atoms with E-state index in [4.69, 9.17) is 9.47 Å². The van der Waals surface area contributed by atoms with Crippen LogP contribution in [-0.2, 0) is 0 Å². The van der Waals surface area contributed by atoms with E-state index >= 15 is 0 Å². The summed E-state index contributed by atoms with van der Waals surface area (Å²) in [5.74, 6) is 1.80. The number of rotatable bonds is 6. The van der Waals surface area contributed by atoms with Gasteiger partial charge >= 0.3 is 0 Å². The molecule has 1 aliphatic heterocycles. The molecule has 0 spiro atoms. The van der Waals surface area contributed by atoms with E-state index in [2.05, 4.69) is 12.2 Å². The Morgan fingerprint density at radius 3 is 2.59 bits per heavy atom. The summed E-state index contributed by atoms with van der Waals surface area (Å²) in [6.45, 7) is 5.76. The minimum atomic E-state index is 0.0256. The predicted molar refractivity (Wildman–Crippen MR) is 86.7 cm³/mol. The molecule has 1 aromatic carbocycles. The highest BCUT2D eigenvalue weighted by atomic mass is 16.5. The fourth-order valence-corrected chi connectivity index (χ4v) is 2.91. The van der Waals surface area contributed by atoms with Gasteiger partial charge in [0.1, 0.15) is 0 Å². The van der Waals surface area contributed by atoms with Crippen molar-refractivity contribution in [2.45, 2.75) is 19.8 Å². The molecule has 22 heavy (non-hydrogen) atoms. The molecule has 1 fully saturated rings. The standard InChI is InChI=1S/C17H26N2O3/c1-4-18-12-13-8-10-19(11-9-13)17(20)14-6-5-7-15(21-2)16(14)22-3/h5-7,13,18H,4,8-12H2,1-3H3. The summed E-state index contributed by atoms with van der Waals surface area (Å²) in [5, 5.41) is 3.39. The maximum atomic E-state index is 12.7. The maximum absolute atomic E-state index is 12.7. The van der Waals surface area contributed by atoms with Crippen LogP contribution < -0.4 is 14.8 Å². The van der Waals surface area contributed by atoms with Gasteiger partial charge in [0.15, 0.2) is 11.5 Å². The summed E-state index contributed by atoms with van der Waals surface area (Å²) in [6, 6.07) is 5.43. The van der Waals surface area contributed by atoms with E-state index in [1.807, 2.05) is 11.0 Å². The first kappa shape index (κ1) is 16.6. The molecule has 1 heterocycles. The third-order valence-electron chi connectivity index (χ3n) is 4.22. The molecule has 0 radical (unpaired) electrons. The van der Waals surface area contributed by atoms with Crippen molar-refractivity contribution in [3.8, 4) is 11.5 Å². The monoisotopic (exact) mass is 306 g/mol. The highest BCUT2D eigenvalue weighted by molar-refractivity contribution is 5.97. The predicted octanol–water partition coefficient (Wildman–Crippen LogP) is 2.17. The summed E-state index contributed by atoms with van der Waals surface area (Å²) in [7, 11) is 3.15. The minimum absolute atomic E-state index is 0.0256. The first-order valence-corrected chi connectivity index (χ1v) is 7.92. The van der Waals surface area contributed by atoms with Crippen LogP contribution in [0.3, 0.4) is 0 Å². The smallest absolute Gasteiger partial charge is 0.257 e. The van der Waals surface area contributed by atoms with Gasteiger partial charge in [0, 0.05) is 13.1 Å². The lowest BCUT2D eigenvalue weighted by molar-refractivity contribution is 0.0686. The van der Waals surface area contributed by atoms with Gasteiger partial charge in [-0.3, -0.25) is 4.79 Å². The summed E-state index contributed by atoms with van der Waals surface area (Å²) in [5.41, 5.74) is 0.576. The van der Waals surface area contributed by atoms with Gasteiger partial charge in [0.2, 0.25) is 0 Å². The zero-order valence-electron chi connectivity index (χ0n) is 13.7. The Balaban J connectivity index is 2.04. The van der Waals surface area contributed by atoms with E-state index in [1.54, 1.807) is 26.4 Å². The molecule has 1 aliphatic rings. The van der Waals surface area contributed by atoms with Crippen LogP contribution in [0.2, 0.25) is 0 Å². The Morgan fingerprint density at radius 2 is 2.00 bits per heavy atom. The molecule has 0 unspecified atom stereocenters. The average molecular weight is 306 g/mol. The Kier molecular flexibility index (Phi) is 6.07. The Labute approximate surface area is 132 Å². The zero-order chi connectivity index (χ0) is 15.9. The van der Waals surface area contributed by atoms with Gasteiger partial charge in [0.25, 0.3) is 5.91 Å². The highest BCUT2D eigenvalue weighted by Crippen LogP contribution is 2.32. The van der Waals surface area contributed by atoms with Gasteiger partial charge in [0.05, 0.1) is 19.8 Å². The number of hydrogen-bond acceptors (Lipinski definition) is 4. The van der Waals surface area contributed by atoms with E-state index in [9.17, 15) is 4.79 Å². The molecule has 0 bridgehead atoms. The molecule has 0 atom stereocenters. The second-order valence-corrected chi connectivity index (χ2v) is 5.58. The zero-order valence-corrected chi connectivity index (χ0v) is 13.7. The molecule has 1 aromatic rings. The fraction of sp³-hybridized carbons (Fsp3) is 0.588. The number of carbonyl (C=O) groups excluding carboxylic acids is 1. The molecule has 2 rings (SSSR count). The fourth-order valence-electron chi connectivity index (χ4n) is 2.91. The lowest BCUT2D eigenvalue weighted by Gasteiger charge is -2.32. The summed E-state index contributed by atoms with van der Waals surface area (Å²) in [6.07, 6.45) is 2.09. The molecule has 0 saturated carbocycles. The van der Waals surface area contributed by atoms with Crippen molar-refractivity contribution >= 4 is 5.91 Å². The molecule has 5 nitrogen and oxygen atoms in total. The summed E-state index contributed by atoms with van der Waals surface area (Å²) >= 11 is 0. The molecule has 1 saturated heterocycles. The van der Waals surface area contributed by atoms with Crippen LogP contribution in [0, 0.1) is 5.92 Å². The van der Waals surface area contributed by atoms with Gasteiger partial charge in [-0.1, -0.05) is 13.0 Å². The van der Waals surface area contributed by atoms with Crippen molar-refractivity contribution in [1.29, 1.82) is 0 Å². The molecule has 122 valence electrons. The number of hydrogen-bond donors (Lipinski definition) is 1. The number of nitrogens with zero attached hydrogens (tertiary/aromatic N) is 1. The normalized spacial score (nSPS) is 15.7. The van der Waals surface area contributed by atoms with Crippen LogP contribution in [0.15, 0.2) is 18.2 Å². The number of para-hydroxylation sites is 1. The third-order valence-corrected chi connectivity index (χ3v) is 4.22. The van der Waals surface area contributed by atoms with E-state index in [1.165, 1.54) is 0 Å². The second-order valence-electron chi connectivity index (χ2n) is 5.58. The van der Waals surface area contributed by atoms with Crippen molar-refractivity contribution in [2.24, 2.45) is 5.92 Å². The van der Waals surface area contributed by atoms with Crippen LogP contribution in [0.4, 0.5) is 0 Å². The number of methoxy groups -OCH3 is 2. The molecule has 0 aromatic heterocycles. The SMILES string of the molecule is CCNCC1CCN(C(=O)c2cccc(OC)c2OC)CC1. The minimum Gasteiger partial charge on any atom is -0.493 e. The van der Waals surface area contributed by atoms with Crippen molar-refractivity contribution in [2.75, 3.05) is 40.4 Å². The third kappa shape index (κ3) is 3.71. The lowest BCUT2D eigenvalue weighted by Crippen LogP contribution is -2.40. The van der Waals surface area contributed by atoms with Crippen molar-refractivity contribution in [1.82, 2.24) is 10.2 Å². The topological polar surface area (TPSA) is 50.8 Å². The molecule has 5 heteroatoms. The average Bonchev–Trinajstić information content (AvgIpc) is 2.58. The maximum Gasteiger partial charge on any atom is 0.257 e. The highest BCUT2D eigenvalue weighted by Gasteiger charge is 2.26. The first-order valence-electron chi connectivity index (χ1n) is 7.92. The van der Waals surface area contributed by atoms with Crippen LogP contribution in [0.1, 0.15) is 30.1 Å². The number of carbonyl (C=O) groups is 1. The Morgan fingerprint density at radius 1 is 1.27 bits per heavy atom. The van der Waals surface area contributed by atoms with Gasteiger partial charge in [-0.05, 0) is 44.0 Å². The van der Waals surface area contributed by atoms with Gasteiger partial charge in [-0.25, -0.2) is 0 Å². The summed E-state index contributed by atoms with van der Waals surface area (Å²) < 4.78 is 10.6. The molecular weight excluding hydrogens is 280 g/mol. The summed E-state index contributed by atoms with van der Waals surface area (Å²) in [4.78, 5) is 14.7. The number of nitrogens with one attached hydrogen (secondary N) is 1. The van der Waals surface area contributed by atoms with Gasteiger partial charge < -0.3 is 19.7 Å². The Bertz CT molecular complexity index is 497. The van der Waals surface area contributed by atoms with Crippen molar-refractivity contribution in [3.05, 3.63) is 23.8 Å². The van der Waals surface area contributed by atoms with Gasteiger partial charge in [-0.2, -0.15) is 0 Å². The van der Waals surface area contributed by atoms with Crippen LogP contribution >= 0.6 is 0 Å².